The lowest BCUT2D eigenvalue weighted by Gasteiger charge is -2.20. The van der Waals surface area contributed by atoms with Gasteiger partial charge in [-0.25, -0.2) is 4.68 Å². The van der Waals surface area contributed by atoms with Gasteiger partial charge in [0.25, 0.3) is 0 Å². The molecular formula is C23H26N6O2. The van der Waals surface area contributed by atoms with Crippen molar-refractivity contribution in [3.8, 4) is 11.4 Å². The van der Waals surface area contributed by atoms with Crippen molar-refractivity contribution in [2.24, 2.45) is 0 Å². The lowest BCUT2D eigenvalue weighted by molar-refractivity contribution is 0.302. The number of hydrogen-bond acceptors (Lipinski definition) is 7. The van der Waals surface area contributed by atoms with Crippen LogP contribution in [-0.2, 0) is 0 Å². The van der Waals surface area contributed by atoms with Crippen LogP contribution in [0.1, 0.15) is 13.8 Å². The van der Waals surface area contributed by atoms with Gasteiger partial charge in [-0.1, -0.05) is 18.2 Å². The second-order valence-electron chi connectivity index (χ2n) is 6.89. The van der Waals surface area contributed by atoms with Crippen molar-refractivity contribution in [2.75, 3.05) is 36.5 Å². The molecule has 160 valence electrons. The summed E-state index contributed by atoms with van der Waals surface area (Å²) in [5.74, 6) is 2.01. The zero-order valence-corrected chi connectivity index (χ0v) is 17.7. The highest BCUT2D eigenvalue weighted by atomic mass is 16.5. The molecule has 0 amide bonds. The summed E-state index contributed by atoms with van der Waals surface area (Å²) in [4.78, 5) is 11.5. The fraction of sp³-hybridized carbons (Fsp3) is 0.261. The predicted molar refractivity (Wildman–Crippen MR) is 123 cm³/mol. The highest BCUT2D eigenvalue weighted by molar-refractivity contribution is 5.90. The van der Waals surface area contributed by atoms with Gasteiger partial charge in [-0.15, -0.1) is 0 Å². The molecule has 2 N–H and O–H groups in total. The minimum absolute atomic E-state index is 0.0227. The van der Waals surface area contributed by atoms with Crippen LogP contribution in [0.15, 0.2) is 60.8 Å². The van der Waals surface area contributed by atoms with E-state index in [4.69, 9.17) is 14.7 Å². The molecule has 2 aromatic heterocycles. The van der Waals surface area contributed by atoms with Gasteiger partial charge in [-0.3, -0.25) is 0 Å². The molecule has 8 heteroatoms. The molecule has 0 bridgehead atoms. The van der Waals surface area contributed by atoms with Crippen molar-refractivity contribution in [3.63, 3.8) is 0 Å². The van der Waals surface area contributed by atoms with E-state index in [9.17, 15) is 5.11 Å². The number of para-hydroxylation sites is 1. The molecule has 0 fully saturated rings. The third kappa shape index (κ3) is 4.44. The molecule has 0 atom stereocenters. The van der Waals surface area contributed by atoms with Crippen molar-refractivity contribution in [2.45, 2.75) is 13.8 Å². The van der Waals surface area contributed by atoms with Gasteiger partial charge in [0.2, 0.25) is 5.95 Å². The Balaban J connectivity index is 1.79. The van der Waals surface area contributed by atoms with Crippen molar-refractivity contribution in [3.05, 3.63) is 60.8 Å². The maximum atomic E-state index is 9.47. The van der Waals surface area contributed by atoms with Crippen molar-refractivity contribution < 1.29 is 9.84 Å². The number of rotatable bonds is 9. The number of ether oxygens (including phenoxy) is 1. The molecule has 2 heterocycles. The van der Waals surface area contributed by atoms with E-state index in [1.807, 2.05) is 73.3 Å². The second kappa shape index (κ2) is 9.44. The summed E-state index contributed by atoms with van der Waals surface area (Å²) in [6, 6.07) is 17.6. The van der Waals surface area contributed by atoms with Crippen molar-refractivity contribution in [1.82, 2.24) is 19.7 Å². The number of fused-ring (bicyclic) bond motifs is 1. The average Bonchev–Trinajstić information content (AvgIpc) is 3.24. The van der Waals surface area contributed by atoms with Gasteiger partial charge in [-0.2, -0.15) is 15.1 Å². The lowest BCUT2D eigenvalue weighted by Crippen LogP contribution is -2.28. The summed E-state index contributed by atoms with van der Waals surface area (Å²) in [5, 5.41) is 18.2. The van der Waals surface area contributed by atoms with E-state index < -0.39 is 0 Å². The molecule has 0 aliphatic rings. The summed E-state index contributed by atoms with van der Waals surface area (Å²) in [6.07, 6.45) is 1.77. The largest absolute Gasteiger partial charge is 0.494 e. The van der Waals surface area contributed by atoms with E-state index in [0.717, 1.165) is 22.5 Å². The predicted octanol–water partition coefficient (Wildman–Crippen LogP) is 3.78. The van der Waals surface area contributed by atoms with E-state index in [-0.39, 0.29) is 6.61 Å². The normalized spacial score (nSPS) is 10.9. The van der Waals surface area contributed by atoms with Crippen LogP contribution in [-0.4, -0.2) is 51.2 Å². The van der Waals surface area contributed by atoms with Gasteiger partial charge in [-0.05, 0) is 50.2 Å². The van der Waals surface area contributed by atoms with Crippen LogP contribution in [0, 0.1) is 0 Å². The van der Waals surface area contributed by atoms with Crippen LogP contribution in [0.5, 0.6) is 5.75 Å². The van der Waals surface area contributed by atoms with Crippen LogP contribution in [0.25, 0.3) is 16.7 Å². The molecule has 0 radical (unpaired) electrons. The van der Waals surface area contributed by atoms with E-state index in [1.165, 1.54) is 0 Å². The molecule has 0 saturated heterocycles. The van der Waals surface area contributed by atoms with Gasteiger partial charge >= 0.3 is 0 Å². The van der Waals surface area contributed by atoms with E-state index in [0.29, 0.717) is 37.1 Å². The molecular weight excluding hydrogens is 392 g/mol. The number of nitrogens with zero attached hydrogens (tertiary/aromatic N) is 5. The van der Waals surface area contributed by atoms with Crippen LogP contribution >= 0.6 is 0 Å². The Morgan fingerprint density at radius 1 is 1.03 bits per heavy atom. The molecule has 2 aromatic carbocycles. The van der Waals surface area contributed by atoms with Crippen LogP contribution in [0.2, 0.25) is 0 Å². The number of aliphatic hydroxyl groups excluding tert-OH is 1. The lowest BCUT2D eigenvalue weighted by atomic mass is 10.3. The Labute approximate surface area is 181 Å². The Hall–Kier alpha value is -3.65. The maximum absolute atomic E-state index is 9.47. The first kappa shape index (κ1) is 20.6. The molecule has 31 heavy (non-hydrogen) atoms. The summed E-state index contributed by atoms with van der Waals surface area (Å²) in [5.41, 5.74) is 2.49. The first-order valence-corrected chi connectivity index (χ1v) is 10.4. The van der Waals surface area contributed by atoms with Gasteiger partial charge < -0.3 is 20.1 Å². The van der Waals surface area contributed by atoms with Crippen molar-refractivity contribution in [1.29, 1.82) is 0 Å². The first-order valence-electron chi connectivity index (χ1n) is 10.4. The molecule has 0 spiro atoms. The number of benzene rings is 2. The Morgan fingerprint density at radius 2 is 1.81 bits per heavy atom. The van der Waals surface area contributed by atoms with E-state index in [1.54, 1.807) is 10.9 Å². The standard InChI is InChI=1S/C23H26N6O2/c1-3-28(14-15-30)23-26-21(25-17-10-12-19(13-11-17)31-4-2)20-16-24-29(22(20)27-23)18-8-6-5-7-9-18/h5-13,16,30H,3-4,14-15H2,1-2H3,(H,25,26,27). The van der Waals surface area contributed by atoms with Gasteiger partial charge in [0, 0.05) is 18.8 Å². The van der Waals surface area contributed by atoms with Gasteiger partial charge in [0.15, 0.2) is 5.65 Å². The zero-order valence-electron chi connectivity index (χ0n) is 17.7. The Bertz CT molecular complexity index is 1130. The fourth-order valence-corrected chi connectivity index (χ4v) is 3.35. The Kier molecular flexibility index (Phi) is 6.28. The quantitative estimate of drug-likeness (QED) is 0.428. The summed E-state index contributed by atoms with van der Waals surface area (Å²) >= 11 is 0. The number of hydrogen-bond donors (Lipinski definition) is 2. The van der Waals surface area contributed by atoms with Crippen molar-refractivity contribution >= 4 is 28.5 Å². The Morgan fingerprint density at radius 3 is 2.48 bits per heavy atom. The van der Waals surface area contributed by atoms with Crippen LogP contribution in [0.4, 0.5) is 17.5 Å². The average molecular weight is 419 g/mol. The first-order chi connectivity index (χ1) is 15.2. The number of aromatic nitrogens is 4. The highest BCUT2D eigenvalue weighted by Crippen LogP contribution is 2.28. The molecule has 4 aromatic rings. The number of likely N-dealkylation sites (N-methyl/N-ethyl adjacent to an activating group) is 1. The highest BCUT2D eigenvalue weighted by Gasteiger charge is 2.17. The maximum Gasteiger partial charge on any atom is 0.229 e. The van der Waals surface area contributed by atoms with E-state index >= 15 is 0 Å². The SMILES string of the molecule is CCOc1ccc(Nc2nc(N(CC)CCO)nc3c2cnn3-c2ccccc2)cc1. The monoisotopic (exact) mass is 418 g/mol. The number of nitrogens with one attached hydrogen (secondary N) is 1. The summed E-state index contributed by atoms with van der Waals surface area (Å²) in [7, 11) is 0. The minimum atomic E-state index is 0.0227. The minimum Gasteiger partial charge on any atom is -0.494 e. The molecule has 0 unspecified atom stereocenters. The third-order valence-corrected chi connectivity index (χ3v) is 4.88. The molecule has 0 aliphatic heterocycles. The van der Waals surface area contributed by atoms with Crippen LogP contribution in [0.3, 0.4) is 0 Å². The van der Waals surface area contributed by atoms with Crippen LogP contribution < -0.4 is 15.0 Å². The third-order valence-electron chi connectivity index (χ3n) is 4.88. The van der Waals surface area contributed by atoms with Gasteiger partial charge in [0.1, 0.15) is 11.6 Å². The molecule has 0 aliphatic carbocycles. The van der Waals surface area contributed by atoms with Gasteiger partial charge in [0.05, 0.1) is 30.5 Å². The fourth-order valence-electron chi connectivity index (χ4n) is 3.35. The topological polar surface area (TPSA) is 88.3 Å². The zero-order chi connectivity index (χ0) is 21.6. The molecule has 4 rings (SSSR count). The molecule has 0 saturated carbocycles. The smallest absolute Gasteiger partial charge is 0.229 e. The molecule has 8 nitrogen and oxygen atoms in total. The summed E-state index contributed by atoms with van der Waals surface area (Å²) in [6.45, 7) is 5.74. The van der Waals surface area contributed by atoms with E-state index in [2.05, 4.69) is 10.4 Å². The second-order valence-corrected chi connectivity index (χ2v) is 6.89. The number of anilines is 3. The summed E-state index contributed by atoms with van der Waals surface area (Å²) < 4.78 is 7.33. The number of aliphatic hydroxyl groups is 1.